The molecule has 2 aromatic rings. The Hall–Kier alpha value is -1.52. The monoisotopic (exact) mass is 270 g/mol. The Kier molecular flexibility index (Phi) is 3.66. The lowest BCUT2D eigenvalue weighted by Crippen LogP contribution is -2.05. The zero-order valence-corrected chi connectivity index (χ0v) is 10.1. The van der Waals surface area contributed by atoms with Gasteiger partial charge in [0.2, 0.25) is 0 Å². The summed E-state index contributed by atoms with van der Waals surface area (Å²) in [7, 11) is 0. The van der Waals surface area contributed by atoms with Crippen LogP contribution in [0.2, 0.25) is 10.0 Å². The minimum atomic E-state index is -0.224. The summed E-state index contributed by atoms with van der Waals surface area (Å²) in [6.45, 7) is 0.180. The second-order valence-corrected chi connectivity index (χ2v) is 4.10. The summed E-state index contributed by atoms with van der Waals surface area (Å²) in [6, 6.07) is 4.58. The van der Waals surface area contributed by atoms with Crippen LogP contribution in [0.1, 0.15) is 5.69 Å². The van der Waals surface area contributed by atoms with Crippen LogP contribution < -0.4 is 10.3 Å². The first-order chi connectivity index (χ1) is 8.15. The molecule has 1 N–H and O–H groups in total. The van der Waals surface area contributed by atoms with Gasteiger partial charge in [0.05, 0.1) is 15.7 Å². The summed E-state index contributed by atoms with van der Waals surface area (Å²) >= 11 is 11.7. The van der Waals surface area contributed by atoms with E-state index in [-0.39, 0.29) is 12.2 Å². The lowest BCUT2D eigenvalue weighted by Gasteiger charge is -2.06. The molecule has 2 aromatic heterocycles. The zero-order chi connectivity index (χ0) is 12.3. The number of hydrogen-bond acceptors (Lipinski definition) is 3. The normalized spacial score (nSPS) is 10.2. The minimum absolute atomic E-state index is 0.180. The molecule has 17 heavy (non-hydrogen) atoms. The molecule has 0 saturated heterocycles. The van der Waals surface area contributed by atoms with Gasteiger partial charge in [0.15, 0.2) is 0 Å². The third-order valence-corrected chi connectivity index (χ3v) is 2.54. The molecular weight excluding hydrogens is 263 g/mol. The van der Waals surface area contributed by atoms with Gasteiger partial charge in [0, 0.05) is 18.5 Å². The van der Waals surface area contributed by atoms with Crippen LogP contribution in [-0.4, -0.2) is 9.97 Å². The number of nitrogens with zero attached hydrogens (tertiary/aromatic N) is 1. The Morgan fingerprint density at radius 3 is 2.88 bits per heavy atom. The number of aromatic amines is 1. The van der Waals surface area contributed by atoms with Crippen LogP contribution in [0.25, 0.3) is 0 Å². The van der Waals surface area contributed by atoms with Gasteiger partial charge in [-0.05, 0) is 12.1 Å². The van der Waals surface area contributed by atoms with Gasteiger partial charge in [-0.2, -0.15) is 0 Å². The maximum Gasteiger partial charge on any atom is 0.251 e. The predicted octanol–water partition coefficient (Wildman–Crippen LogP) is 2.66. The number of pyridine rings is 2. The summed E-state index contributed by atoms with van der Waals surface area (Å²) in [5, 5.41) is 0.900. The average Bonchev–Trinajstić information content (AvgIpc) is 2.28. The maximum atomic E-state index is 11.0. The van der Waals surface area contributed by atoms with Crippen molar-refractivity contribution in [1.82, 2.24) is 9.97 Å². The highest BCUT2D eigenvalue weighted by Crippen LogP contribution is 2.19. The number of aromatic nitrogens is 2. The Labute approximate surface area is 107 Å². The van der Waals surface area contributed by atoms with Gasteiger partial charge in [-0.15, -0.1) is 0 Å². The van der Waals surface area contributed by atoms with E-state index in [4.69, 9.17) is 27.9 Å². The molecular formula is C11H8Cl2N2O2. The number of rotatable bonds is 3. The third-order valence-electron chi connectivity index (χ3n) is 2.01. The second kappa shape index (κ2) is 5.21. The number of nitrogens with one attached hydrogen (secondary N) is 1. The standard InChI is InChI=1S/C11H8Cl2N2O2/c12-7-3-9(13)10(15-5-7)6-17-8-1-2-14-11(16)4-8/h1-5H,6H2,(H,14,16). The Balaban J connectivity index is 2.10. The number of H-pyrrole nitrogens is 1. The fourth-order valence-corrected chi connectivity index (χ4v) is 1.65. The smallest absolute Gasteiger partial charge is 0.251 e. The van der Waals surface area contributed by atoms with E-state index in [0.717, 1.165) is 0 Å². The van der Waals surface area contributed by atoms with E-state index in [1.807, 2.05) is 0 Å². The van der Waals surface area contributed by atoms with Gasteiger partial charge in [0.1, 0.15) is 12.4 Å². The van der Waals surface area contributed by atoms with Crippen molar-refractivity contribution in [2.75, 3.05) is 0 Å². The first kappa shape index (κ1) is 12.0. The van der Waals surface area contributed by atoms with E-state index >= 15 is 0 Å². The van der Waals surface area contributed by atoms with Gasteiger partial charge < -0.3 is 9.72 Å². The van der Waals surface area contributed by atoms with Crippen molar-refractivity contribution >= 4 is 23.2 Å². The van der Waals surface area contributed by atoms with E-state index in [2.05, 4.69) is 9.97 Å². The Bertz CT molecular complexity index is 584. The Morgan fingerprint density at radius 1 is 1.35 bits per heavy atom. The molecule has 0 unspecified atom stereocenters. The molecule has 0 spiro atoms. The van der Waals surface area contributed by atoms with Crippen molar-refractivity contribution in [2.45, 2.75) is 6.61 Å². The lowest BCUT2D eigenvalue weighted by molar-refractivity contribution is 0.301. The van der Waals surface area contributed by atoms with E-state index in [1.165, 1.54) is 18.5 Å². The second-order valence-electron chi connectivity index (χ2n) is 3.26. The molecule has 6 heteroatoms. The summed E-state index contributed by atoms with van der Waals surface area (Å²) in [6.07, 6.45) is 3.00. The van der Waals surface area contributed by atoms with E-state index < -0.39 is 0 Å². The van der Waals surface area contributed by atoms with Crippen LogP contribution in [0.4, 0.5) is 0 Å². The SMILES string of the molecule is O=c1cc(OCc2ncc(Cl)cc2Cl)cc[nH]1. The van der Waals surface area contributed by atoms with Crippen LogP contribution in [0.15, 0.2) is 35.4 Å². The van der Waals surface area contributed by atoms with Crippen LogP contribution in [-0.2, 0) is 6.61 Å². The van der Waals surface area contributed by atoms with E-state index in [1.54, 1.807) is 12.1 Å². The number of halogens is 2. The first-order valence-electron chi connectivity index (χ1n) is 4.76. The summed E-state index contributed by atoms with van der Waals surface area (Å²) in [5.74, 6) is 0.460. The van der Waals surface area contributed by atoms with Crippen molar-refractivity contribution < 1.29 is 4.74 Å². The van der Waals surface area contributed by atoms with Gasteiger partial charge in [-0.25, -0.2) is 0 Å². The van der Waals surface area contributed by atoms with Gasteiger partial charge in [-0.1, -0.05) is 23.2 Å². The molecule has 0 aliphatic carbocycles. The van der Waals surface area contributed by atoms with Crippen molar-refractivity contribution in [1.29, 1.82) is 0 Å². The largest absolute Gasteiger partial charge is 0.487 e. The summed E-state index contributed by atoms with van der Waals surface area (Å²) in [5.41, 5.74) is 0.342. The summed E-state index contributed by atoms with van der Waals surface area (Å²) in [4.78, 5) is 17.6. The third kappa shape index (κ3) is 3.22. The highest BCUT2D eigenvalue weighted by molar-refractivity contribution is 6.34. The molecule has 2 rings (SSSR count). The molecule has 4 nitrogen and oxygen atoms in total. The van der Waals surface area contributed by atoms with Crippen LogP contribution in [0.5, 0.6) is 5.75 Å². The molecule has 0 aromatic carbocycles. The minimum Gasteiger partial charge on any atom is -0.487 e. The quantitative estimate of drug-likeness (QED) is 0.933. The highest BCUT2D eigenvalue weighted by atomic mass is 35.5. The molecule has 0 radical (unpaired) electrons. The number of hydrogen-bond donors (Lipinski definition) is 1. The predicted molar refractivity (Wildman–Crippen MR) is 65.7 cm³/mol. The molecule has 0 saturated carbocycles. The van der Waals surface area contributed by atoms with E-state index in [0.29, 0.717) is 21.5 Å². The molecule has 0 bridgehead atoms. The van der Waals surface area contributed by atoms with Crippen molar-refractivity contribution in [2.24, 2.45) is 0 Å². The Morgan fingerprint density at radius 2 is 2.18 bits per heavy atom. The van der Waals surface area contributed by atoms with Gasteiger partial charge in [-0.3, -0.25) is 9.78 Å². The summed E-state index contributed by atoms with van der Waals surface area (Å²) < 4.78 is 5.38. The molecule has 0 atom stereocenters. The fourth-order valence-electron chi connectivity index (χ4n) is 1.22. The molecule has 0 amide bonds. The van der Waals surface area contributed by atoms with Crippen molar-refractivity contribution in [3.8, 4) is 5.75 Å². The zero-order valence-electron chi connectivity index (χ0n) is 8.61. The fraction of sp³-hybridized carbons (Fsp3) is 0.0909. The molecule has 88 valence electrons. The molecule has 2 heterocycles. The molecule has 0 aliphatic heterocycles. The maximum absolute atomic E-state index is 11.0. The van der Waals surface area contributed by atoms with E-state index in [9.17, 15) is 4.79 Å². The van der Waals surface area contributed by atoms with Crippen molar-refractivity contribution in [3.05, 3.63) is 56.7 Å². The van der Waals surface area contributed by atoms with Crippen LogP contribution in [0.3, 0.4) is 0 Å². The van der Waals surface area contributed by atoms with Crippen LogP contribution >= 0.6 is 23.2 Å². The van der Waals surface area contributed by atoms with Crippen molar-refractivity contribution in [3.63, 3.8) is 0 Å². The molecule has 0 aliphatic rings. The van der Waals surface area contributed by atoms with Gasteiger partial charge in [0.25, 0.3) is 5.56 Å². The highest BCUT2D eigenvalue weighted by Gasteiger charge is 2.04. The lowest BCUT2D eigenvalue weighted by atomic mass is 10.3. The first-order valence-corrected chi connectivity index (χ1v) is 5.52. The number of ether oxygens (including phenoxy) is 1. The van der Waals surface area contributed by atoms with Gasteiger partial charge >= 0.3 is 0 Å². The average molecular weight is 271 g/mol. The topological polar surface area (TPSA) is 55.0 Å². The van der Waals surface area contributed by atoms with Crippen LogP contribution in [0, 0.1) is 0 Å². The molecule has 0 fully saturated rings.